The Morgan fingerprint density at radius 2 is 0.906 bits per heavy atom. The number of hydrogen-bond donors (Lipinski definition) is 0. The maximum atomic E-state index is 13.9. The quantitative estimate of drug-likeness (QED) is 0.0785. The second-order valence-corrected chi connectivity index (χ2v) is 16.5. The molecule has 0 bridgehead atoms. The minimum absolute atomic E-state index is 0.0196. The van der Waals surface area contributed by atoms with E-state index in [1.54, 1.807) is 74.9 Å². The van der Waals surface area contributed by atoms with Crippen LogP contribution >= 0.6 is 0 Å². The first kappa shape index (κ1) is 42.6. The van der Waals surface area contributed by atoms with E-state index in [0.29, 0.717) is 107 Å². The van der Waals surface area contributed by atoms with Gasteiger partial charge < -0.3 is 38.2 Å². The van der Waals surface area contributed by atoms with Gasteiger partial charge in [-0.2, -0.15) is 0 Å². The van der Waals surface area contributed by atoms with E-state index in [1.807, 2.05) is 22.2 Å². The van der Waals surface area contributed by atoms with Crippen molar-refractivity contribution in [3.05, 3.63) is 94.0 Å². The normalized spacial score (nSPS) is 18.0. The molecule has 9 rings (SSSR count). The van der Waals surface area contributed by atoms with Crippen LogP contribution in [-0.4, -0.2) is 111 Å². The van der Waals surface area contributed by atoms with Gasteiger partial charge in [-0.05, 0) is 88.5 Å². The summed E-state index contributed by atoms with van der Waals surface area (Å²) in [6.45, 7) is 2.94. The number of fused-ring (bicyclic) bond motifs is 6. The van der Waals surface area contributed by atoms with Crippen LogP contribution < -0.4 is 28.4 Å². The second kappa shape index (κ2) is 19.0. The molecule has 2 saturated heterocycles. The SMILES string of the molecule is COc1cc2c(cc1OCCCCCOc1ccc(OCCCCCOc3cc4c(cc3OC)C(=O)N3CCCC3C=N4)c3c1C(=O)c1ccccc1C3=O)N=CC1CCCN1C2=O. The number of rotatable bonds is 18. The van der Waals surface area contributed by atoms with Crippen LogP contribution in [0, 0.1) is 0 Å². The van der Waals surface area contributed by atoms with E-state index in [1.165, 1.54) is 0 Å². The summed E-state index contributed by atoms with van der Waals surface area (Å²) in [6, 6.07) is 17.3. The van der Waals surface area contributed by atoms with Crippen LogP contribution in [0.4, 0.5) is 11.4 Å². The molecule has 2 amide bonds. The standard InChI is InChI=1S/C50H52N4O10/c1-59-41-25-35-37(51-29-31-13-11-19-53(31)49(35)57)27-43(41)63-23-9-3-7-21-61-39-17-18-40(46-45(39)47(55)33-15-5-6-16-34(33)48(46)56)62-22-8-4-10-24-64-44-28-38-36(26-42(44)60-2)50(58)54-20-12-14-32(54)30-52-38/h5-6,15-18,25-32H,3-4,7-14,19-24H2,1-2H3. The van der Waals surface area contributed by atoms with Gasteiger partial charge in [-0.15, -0.1) is 0 Å². The summed E-state index contributed by atoms with van der Waals surface area (Å²) in [5.74, 6) is 2.10. The van der Waals surface area contributed by atoms with Crippen molar-refractivity contribution in [1.82, 2.24) is 9.80 Å². The molecule has 14 heteroatoms. The van der Waals surface area contributed by atoms with Crippen LogP contribution in [0.3, 0.4) is 0 Å². The predicted octanol–water partition coefficient (Wildman–Crippen LogP) is 8.38. The molecule has 4 aromatic carbocycles. The Morgan fingerprint density at radius 1 is 0.500 bits per heavy atom. The van der Waals surface area contributed by atoms with Crippen LogP contribution in [0.1, 0.15) is 117 Å². The largest absolute Gasteiger partial charge is 0.493 e. The number of methoxy groups -OCH3 is 2. The molecule has 4 aliphatic heterocycles. The van der Waals surface area contributed by atoms with Crippen molar-refractivity contribution >= 4 is 47.2 Å². The fourth-order valence-electron chi connectivity index (χ4n) is 9.14. The maximum absolute atomic E-state index is 13.9. The van der Waals surface area contributed by atoms with Crippen molar-refractivity contribution in [3.63, 3.8) is 0 Å². The minimum atomic E-state index is -0.277. The second-order valence-electron chi connectivity index (χ2n) is 16.5. The summed E-state index contributed by atoms with van der Waals surface area (Å²) in [7, 11) is 3.12. The highest BCUT2D eigenvalue weighted by Crippen LogP contribution is 2.41. The Balaban J connectivity index is 0.772. The van der Waals surface area contributed by atoms with Gasteiger partial charge in [-0.1, -0.05) is 24.3 Å². The highest BCUT2D eigenvalue weighted by molar-refractivity contribution is 6.30. The Bertz CT molecular complexity index is 2360. The molecule has 2 atom stereocenters. The molecular weight excluding hydrogens is 817 g/mol. The van der Waals surface area contributed by atoms with Crippen molar-refractivity contribution in [2.75, 3.05) is 53.7 Å². The topological polar surface area (TPSA) is 155 Å². The molecule has 14 nitrogen and oxygen atoms in total. The summed E-state index contributed by atoms with van der Waals surface area (Å²) >= 11 is 0. The van der Waals surface area contributed by atoms with Crippen LogP contribution in [-0.2, 0) is 0 Å². The van der Waals surface area contributed by atoms with E-state index in [0.717, 1.165) is 64.5 Å². The lowest BCUT2D eigenvalue weighted by Crippen LogP contribution is -2.35. The minimum Gasteiger partial charge on any atom is -0.493 e. The average molecular weight is 869 g/mol. The van der Waals surface area contributed by atoms with E-state index in [4.69, 9.17) is 28.4 Å². The zero-order valence-electron chi connectivity index (χ0n) is 36.3. The average Bonchev–Trinajstić information content (AvgIpc) is 3.96. The number of ketones is 2. The van der Waals surface area contributed by atoms with E-state index >= 15 is 0 Å². The van der Waals surface area contributed by atoms with Crippen molar-refractivity contribution in [2.24, 2.45) is 9.98 Å². The zero-order chi connectivity index (χ0) is 44.2. The van der Waals surface area contributed by atoms with Gasteiger partial charge in [-0.3, -0.25) is 29.2 Å². The number of carbonyl (C=O) groups excluding carboxylic acids is 4. The molecule has 0 spiro atoms. The van der Waals surface area contributed by atoms with E-state index in [9.17, 15) is 19.2 Å². The number of hydrogen-bond acceptors (Lipinski definition) is 12. The summed E-state index contributed by atoms with van der Waals surface area (Å²) in [5.41, 5.74) is 3.31. The van der Waals surface area contributed by atoms with Crippen LogP contribution in [0.15, 0.2) is 70.6 Å². The van der Waals surface area contributed by atoms with Crippen molar-refractivity contribution in [1.29, 1.82) is 0 Å². The van der Waals surface area contributed by atoms with Gasteiger partial charge >= 0.3 is 0 Å². The molecule has 1 aliphatic carbocycles. The molecule has 2 unspecified atom stereocenters. The first-order valence-electron chi connectivity index (χ1n) is 22.4. The maximum Gasteiger partial charge on any atom is 0.256 e. The number of unbranched alkanes of at least 4 members (excludes halogenated alkanes) is 4. The van der Waals surface area contributed by atoms with E-state index in [2.05, 4.69) is 9.98 Å². The van der Waals surface area contributed by atoms with Crippen LogP contribution in [0.25, 0.3) is 0 Å². The van der Waals surface area contributed by atoms with Gasteiger partial charge in [0.1, 0.15) is 11.5 Å². The molecule has 5 aliphatic rings. The van der Waals surface area contributed by atoms with E-state index < -0.39 is 0 Å². The summed E-state index contributed by atoms with van der Waals surface area (Å²) < 4.78 is 35.8. The molecule has 0 aromatic heterocycles. The monoisotopic (exact) mass is 868 g/mol. The Labute approximate surface area is 372 Å². The lowest BCUT2D eigenvalue weighted by atomic mass is 9.83. The van der Waals surface area contributed by atoms with Crippen molar-refractivity contribution < 1.29 is 47.6 Å². The van der Waals surface area contributed by atoms with E-state index in [-0.39, 0.29) is 46.6 Å². The highest BCUT2D eigenvalue weighted by Gasteiger charge is 2.36. The molecule has 332 valence electrons. The van der Waals surface area contributed by atoms with Crippen molar-refractivity contribution in [3.8, 4) is 34.5 Å². The first-order valence-corrected chi connectivity index (χ1v) is 22.4. The fourth-order valence-corrected chi connectivity index (χ4v) is 9.14. The molecule has 4 aromatic rings. The number of aliphatic imine (C=N–C) groups is 2. The van der Waals surface area contributed by atoms with Crippen molar-refractivity contribution in [2.45, 2.75) is 76.3 Å². The summed E-state index contributed by atoms with van der Waals surface area (Å²) in [5, 5.41) is 0. The van der Waals surface area contributed by atoms with Crippen LogP contribution in [0.2, 0.25) is 0 Å². The number of benzene rings is 4. The van der Waals surface area contributed by atoms with Gasteiger partial charge in [0, 0.05) is 48.8 Å². The number of carbonyl (C=O) groups is 4. The molecule has 0 N–H and O–H groups in total. The van der Waals surface area contributed by atoms with Gasteiger partial charge in [0.25, 0.3) is 11.8 Å². The predicted molar refractivity (Wildman–Crippen MR) is 240 cm³/mol. The van der Waals surface area contributed by atoms with Gasteiger partial charge in [0.15, 0.2) is 34.6 Å². The third-order valence-electron chi connectivity index (χ3n) is 12.5. The van der Waals surface area contributed by atoms with Gasteiger partial charge in [-0.25, -0.2) is 0 Å². The Hall–Kier alpha value is -6.70. The number of amides is 2. The first-order chi connectivity index (χ1) is 31.3. The lowest BCUT2D eigenvalue weighted by Gasteiger charge is -2.23. The summed E-state index contributed by atoms with van der Waals surface area (Å²) in [6.07, 6.45) is 11.8. The molecule has 0 saturated carbocycles. The Morgan fingerprint density at radius 3 is 1.31 bits per heavy atom. The van der Waals surface area contributed by atoms with Gasteiger partial charge in [0.05, 0.1) is 86.4 Å². The smallest absolute Gasteiger partial charge is 0.256 e. The van der Waals surface area contributed by atoms with Gasteiger partial charge in [0.2, 0.25) is 0 Å². The molecule has 4 heterocycles. The number of ether oxygens (including phenoxy) is 6. The van der Waals surface area contributed by atoms with Crippen LogP contribution in [0.5, 0.6) is 34.5 Å². The molecular formula is C50H52N4O10. The molecule has 0 radical (unpaired) electrons. The summed E-state index contributed by atoms with van der Waals surface area (Å²) in [4.78, 5) is 67.3. The number of nitrogens with zero attached hydrogens (tertiary/aromatic N) is 4. The molecule has 64 heavy (non-hydrogen) atoms. The highest BCUT2D eigenvalue weighted by atomic mass is 16.5. The third-order valence-corrected chi connectivity index (χ3v) is 12.5. The lowest BCUT2D eigenvalue weighted by molar-refractivity contribution is 0.0766. The zero-order valence-corrected chi connectivity index (χ0v) is 36.3. The molecule has 2 fully saturated rings. The fraction of sp³-hybridized carbons (Fsp3) is 0.400. The third kappa shape index (κ3) is 8.40. The Kier molecular flexibility index (Phi) is 12.6.